The third kappa shape index (κ3) is 2.65. The van der Waals surface area contributed by atoms with Crippen LogP contribution in [0.5, 0.6) is 0 Å². The minimum atomic E-state index is -2.16. The van der Waals surface area contributed by atoms with Gasteiger partial charge in [-0.2, -0.15) is 0 Å². The molecule has 0 fully saturated rings. The molecule has 1 atom stereocenters. The molecule has 0 saturated heterocycles. The van der Waals surface area contributed by atoms with Crippen LogP contribution in [0.3, 0.4) is 0 Å². The maximum Gasteiger partial charge on any atom is 0.374 e. The molecule has 0 aromatic carbocycles. The van der Waals surface area contributed by atoms with Crippen LogP contribution in [0.15, 0.2) is 0 Å². The molecule has 0 aromatic rings. The van der Waals surface area contributed by atoms with Crippen LogP contribution in [0.25, 0.3) is 0 Å². The highest BCUT2D eigenvalue weighted by Crippen LogP contribution is 1.99. The summed E-state index contributed by atoms with van der Waals surface area (Å²) in [5, 5.41) is 0. The van der Waals surface area contributed by atoms with Crippen molar-refractivity contribution >= 4 is 29.4 Å². The molecule has 0 spiro atoms. The molecule has 2 nitrogen and oxygen atoms in total. The first-order valence-corrected chi connectivity index (χ1v) is 2.03. The quantitative estimate of drug-likeness (QED) is 0.521. The summed E-state index contributed by atoms with van der Waals surface area (Å²) in [5.74, 6) is -1.29. The number of alkyl halides is 2. The molecular formula is C2HCl2FO2. The van der Waals surface area contributed by atoms with Crippen molar-refractivity contribution in [3.8, 4) is 0 Å². The summed E-state index contributed by atoms with van der Waals surface area (Å²) < 4.78 is 14.6. The van der Waals surface area contributed by atoms with Crippen molar-refractivity contribution in [2.75, 3.05) is 0 Å². The van der Waals surface area contributed by atoms with Crippen LogP contribution < -0.4 is 0 Å². The molecule has 5 heteroatoms. The largest absolute Gasteiger partial charge is 0.374 e. The Morgan fingerprint density at radius 1 is 1.86 bits per heavy atom. The van der Waals surface area contributed by atoms with Gasteiger partial charge in [-0.3, -0.25) is 0 Å². The van der Waals surface area contributed by atoms with Crippen LogP contribution in [-0.4, -0.2) is 11.6 Å². The topological polar surface area (TPSA) is 26.3 Å². The number of carbonyl (C=O) groups is 1. The van der Waals surface area contributed by atoms with Crippen molar-refractivity contribution in [3.05, 3.63) is 0 Å². The van der Waals surface area contributed by atoms with E-state index < -0.39 is 11.6 Å². The van der Waals surface area contributed by atoms with Crippen LogP contribution >= 0.6 is 23.5 Å². The molecule has 0 aliphatic heterocycles. The number of carbonyl (C=O) groups excluding carboxylic acids is 1. The minimum absolute atomic E-state index is 1.29. The second-order valence-electron chi connectivity index (χ2n) is 0.697. The van der Waals surface area contributed by atoms with Crippen LogP contribution in [0.4, 0.5) is 4.39 Å². The Balaban J connectivity index is 3.35. The molecule has 0 radical (unpaired) electrons. The van der Waals surface area contributed by atoms with E-state index in [0.717, 1.165) is 0 Å². The minimum Gasteiger partial charge on any atom is -0.344 e. The Labute approximate surface area is 49.3 Å². The second-order valence-corrected chi connectivity index (χ2v) is 1.23. The molecule has 0 heterocycles. The maximum atomic E-state index is 11.3. The van der Waals surface area contributed by atoms with Crippen molar-refractivity contribution in [3.63, 3.8) is 0 Å². The van der Waals surface area contributed by atoms with E-state index in [4.69, 9.17) is 0 Å². The fourth-order valence-electron chi connectivity index (χ4n) is 0.0337. The number of halogens is 3. The Bertz CT molecular complexity index is 74.1. The fraction of sp³-hybridized carbons (Fsp3) is 0.500. The zero-order valence-corrected chi connectivity index (χ0v) is 4.54. The SMILES string of the molecule is O=C(OCl)C(F)Cl. The van der Waals surface area contributed by atoms with Crippen LogP contribution in [0.1, 0.15) is 0 Å². The van der Waals surface area contributed by atoms with Gasteiger partial charge in [-0.1, -0.05) is 11.6 Å². The van der Waals surface area contributed by atoms with Gasteiger partial charge in [0.15, 0.2) is 0 Å². The summed E-state index contributed by atoms with van der Waals surface area (Å²) in [7, 11) is 0. The first-order valence-electron chi connectivity index (χ1n) is 1.29. The summed E-state index contributed by atoms with van der Waals surface area (Å²) in [6.45, 7) is 0. The normalized spacial score (nSPS) is 13.0. The number of hydrogen-bond donors (Lipinski definition) is 0. The Hall–Kier alpha value is -0.0200. The van der Waals surface area contributed by atoms with Crippen molar-refractivity contribution in [1.29, 1.82) is 0 Å². The van der Waals surface area contributed by atoms with Gasteiger partial charge in [0, 0.05) is 0 Å². The van der Waals surface area contributed by atoms with Crippen LogP contribution in [0, 0.1) is 0 Å². The van der Waals surface area contributed by atoms with E-state index in [1.54, 1.807) is 0 Å². The molecule has 0 aromatic heterocycles. The molecule has 0 aliphatic rings. The highest BCUT2D eigenvalue weighted by molar-refractivity contribution is 6.30. The molecule has 0 bridgehead atoms. The van der Waals surface area contributed by atoms with Gasteiger partial charge in [-0.15, -0.1) is 0 Å². The molecule has 0 rings (SSSR count). The Kier molecular flexibility index (Phi) is 3.04. The Morgan fingerprint density at radius 3 is 2.29 bits per heavy atom. The molecule has 0 N–H and O–H groups in total. The number of hydrogen-bond acceptors (Lipinski definition) is 2. The lowest BCUT2D eigenvalue weighted by Gasteiger charge is -1.88. The fourth-order valence-corrected chi connectivity index (χ4v) is 0.202. The lowest BCUT2D eigenvalue weighted by atomic mass is 10.8. The summed E-state index contributed by atoms with van der Waals surface area (Å²) in [4.78, 5) is 9.65. The molecular weight excluding hydrogens is 146 g/mol. The average Bonchev–Trinajstić information content (AvgIpc) is 1.65. The van der Waals surface area contributed by atoms with Crippen LogP contribution in [-0.2, 0) is 9.08 Å². The van der Waals surface area contributed by atoms with Gasteiger partial charge in [-0.05, 0) is 0 Å². The first kappa shape index (κ1) is 6.98. The van der Waals surface area contributed by atoms with E-state index in [-0.39, 0.29) is 0 Å². The third-order valence-electron chi connectivity index (χ3n) is 0.254. The van der Waals surface area contributed by atoms with Crippen molar-refractivity contribution in [2.24, 2.45) is 0 Å². The molecule has 0 amide bonds. The molecule has 42 valence electrons. The van der Waals surface area contributed by atoms with Crippen molar-refractivity contribution < 1.29 is 13.5 Å². The van der Waals surface area contributed by atoms with E-state index in [1.807, 2.05) is 0 Å². The number of rotatable bonds is 1. The first-order chi connectivity index (χ1) is 3.18. The predicted octanol–water partition coefficient (Wildman–Crippen LogP) is 1.22. The lowest BCUT2D eigenvalue weighted by molar-refractivity contribution is -0.136. The second kappa shape index (κ2) is 3.04. The van der Waals surface area contributed by atoms with E-state index in [2.05, 4.69) is 27.8 Å². The Morgan fingerprint density at radius 2 is 2.29 bits per heavy atom. The van der Waals surface area contributed by atoms with Gasteiger partial charge < -0.3 is 4.29 Å². The predicted molar refractivity (Wildman–Crippen MR) is 22.7 cm³/mol. The van der Waals surface area contributed by atoms with E-state index in [0.29, 0.717) is 0 Å². The van der Waals surface area contributed by atoms with Gasteiger partial charge in [0.1, 0.15) is 11.9 Å². The molecule has 0 aliphatic carbocycles. The van der Waals surface area contributed by atoms with Gasteiger partial charge in [0.25, 0.3) is 5.63 Å². The lowest BCUT2D eigenvalue weighted by Crippen LogP contribution is -2.06. The van der Waals surface area contributed by atoms with E-state index in [1.165, 1.54) is 0 Å². The van der Waals surface area contributed by atoms with Gasteiger partial charge >= 0.3 is 5.97 Å². The standard InChI is InChI=1S/C2HCl2FO2/c3-1(5)2(6)7-4/h1H. The van der Waals surface area contributed by atoms with Crippen LogP contribution in [0.2, 0.25) is 0 Å². The highest BCUT2D eigenvalue weighted by atomic mass is 35.5. The van der Waals surface area contributed by atoms with E-state index in [9.17, 15) is 9.18 Å². The average molecular weight is 147 g/mol. The third-order valence-corrected chi connectivity index (χ3v) is 0.584. The zero-order valence-electron chi connectivity index (χ0n) is 3.03. The molecule has 7 heavy (non-hydrogen) atoms. The van der Waals surface area contributed by atoms with Gasteiger partial charge in [-0.25, -0.2) is 9.18 Å². The maximum absolute atomic E-state index is 11.3. The highest BCUT2D eigenvalue weighted by Gasteiger charge is 2.13. The zero-order chi connectivity index (χ0) is 5.86. The molecule has 0 saturated carbocycles. The summed E-state index contributed by atoms with van der Waals surface area (Å²) >= 11 is 8.88. The smallest absolute Gasteiger partial charge is 0.344 e. The summed E-state index contributed by atoms with van der Waals surface area (Å²) in [5.41, 5.74) is -2.16. The summed E-state index contributed by atoms with van der Waals surface area (Å²) in [6.07, 6.45) is 0. The molecule has 1 unspecified atom stereocenters. The monoisotopic (exact) mass is 146 g/mol. The van der Waals surface area contributed by atoms with Gasteiger partial charge in [0.2, 0.25) is 0 Å². The van der Waals surface area contributed by atoms with Crippen molar-refractivity contribution in [2.45, 2.75) is 5.63 Å². The van der Waals surface area contributed by atoms with Crippen molar-refractivity contribution in [1.82, 2.24) is 0 Å². The van der Waals surface area contributed by atoms with E-state index >= 15 is 0 Å². The summed E-state index contributed by atoms with van der Waals surface area (Å²) in [6, 6.07) is 0. The van der Waals surface area contributed by atoms with Gasteiger partial charge in [0.05, 0.1) is 0 Å².